The van der Waals surface area contributed by atoms with E-state index in [1.807, 2.05) is 6.07 Å². The van der Waals surface area contributed by atoms with Crippen LogP contribution in [0.1, 0.15) is 24.1 Å². The molecule has 3 aromatic rings. The van der Waals surface area contributed by atoms with Gasteiger partial charge in [0.25, 0.3) is 5.56 Å². The molecule has 2 heterocycles. The maximum Gasteiger partial charge on any atom is 0.338 e. The number of ether oxygens (including phenoxy) is 5. The van der Waals surface area contributed by atoms with Crippen molar-refractivity contribution in [2.75, 3.05) is 34.5 Å². The first-order valence-corrected chi connectivity index (χ1v) is 13.1. The van der Waals surface area contributed by atoms with E-state index in [0.29, 0.717) is 50.2 Å². The summed E-state index contributed by atoms with van der Waals surface area (Å²) in [6.07, 6.45) is 4.87. The Balaban J connectivity index is 1.92. The molecular weight excluding hydrogens is 532 g/mol. The number of rotatable bonds is 11. The first kappa shape index (κ1) is 28.4. The molecule has 0 saturated heterocycles. The molecule has 0 bridgehead atoms. The Bertz CT molecular complexity index is 1670. The van der Waals surface area contributed by atoms with Crippen molar-refractivity contribution in [3.05, 3.63) is 104 Å². The predicted octanol–water partition coefficient (Wildman–Crippen LogP) is 3.56. The number of methoxy groups -OCH3 is 3. The third-order valence-corrected chi connectivity index (χ3v) is 7.12. The van der Waals surface area contributed by atoms with Crippen LogP contribution in [0.15, 0.2) is 82.8 Å². The summed E-state index contributed by atoms with van der Waals surface area (Å²) in [4.78, 5) is 32.2. The van der Waals surface area contributed by atoms with Crippen LogP contribution in [0, 0.1) is 0 Å². The van der Waals surface area contributed by atoms with Crippen molar-refractivity contribution in [2.45, 2.75) is 13.0 Å². The summed E-state index contributed by atoms with van der Waals surface area (Å²) in [5.74, 6) is 1.47. The van der Waals surface area contributed by atoms with Gasteiger partial charge in [0.05, 0.1) is 43.2 Å². The Morgan fingerprint density at radius 3 is 2.33 bits per heavy atom. The van der Waals surface area contributed by atoms with E-state index in [0.717, 1.165) is 5.56 Å². The second-order valence-electron chi connectivity index (χ2n) is 8.59. The summed E-state index contributed by atoms with van der Waals surface area (Å²) in [7, 11) is 4.63. The highest BCUT2D eigenvalue weighted by atomic mass is 32.1. The topological polar surface area (TPSA) is 97.6 Å². The van der Waals surface area contributed by atoms with Crippen molar-refractivity contribution in [2.24, 2.45) is 4.99 Å². The Morgan fingerprint density at radius 1 is 0.975 bits per heavy atom. The minimum absolute atomic E-state index is 0.0176. The van der Waals surface area contributed by atoms with E-state index >= 15 is 0 Å². The van der Waals surface area contributed by atoms with Crippen LogP contribution in [0.5, 0.6) is 23.0 Å². The smallest absolute Gasteiger partial charge is 0.338 e. The fourth-order valence-corrected chi connectivity index (χ4v) is 5.37. The van der Waals surface area contributed by atoms with Gasteiger partial charge in [-0.05, 0) is 48.4 Å². The second-order valence-corrected chi connectivity index (χ2v) is 9.60. The lowest BCUT2D eigenvalue weighted by molar-refractivity contribution is -0.138. The highest BCUT2D eigenvalue weighted by molar-refractivity contribution is 7.07. The molecule has 0 fully saturated rings. The molecule has 1 unspecified atom stereocenters. The van der Waals surface area contributed by atoms with Crippen LogP contribution in [0.25, 0.3) is 6.08 Å². The van der Waals surface area contributed by atoms with Crippen LogP contribution in [0.2, 0.25) is 0 Å². The fraction of sp³-hybridized carbons (Fsp3) is 0.233. The number of carbonyl (C=O) groups excluding carboxylic acids is 1. The van der Waals surface area contributed by atoms with Gasteiger partial charge in [0, 0.05) is 0 Å². The van der Waals surface area contributed by atoms with E-state index in [-0.39, 0.29) is 17.7 Å². The molecule has 0 amide bonds. The van der Waals surface area contributed by atoms with Gasteiger partial charge in [-0.1, -0.05) is 48.8 Å². The molecule has 1 aliphatic rings. The van der Waals surface area contributed by atoms with Crippen LogP contribution in [-0.4, -0.2) is 45.1 Å². The molecule has 1 aliphatic heterocycles. The molecule has 10 heteroatoms. The van der Waals surface area contributed by atoms with Gasteiger partial charge < -0.3 is 23.7 Å². The van der Waals surface area contributed by atoms with Crippen molar-refractivity contribution in [1.29, 1.82) is 0 Å². The van der Waals surface area contributed by atoms with Crippen molar-refractivity contribution in [1.82, 2.24) is 4.57 Å². The molecule has 40 heavy (non-hydrogen) atoms. The average molecular weight is 563 g/mol. The SMILES string of the molecule is C=CCOC(=O)C1=C(C)N=c2sc(=Cc3ccc(OC)c(OC)c3)c(=O)n2C1c1ccc(OCC=C)c(OC)c1. The molecule has 0 aliphatic carbocycles. The Kier molecular flexibility index (Phi) is 8.90. The quantitative estimate of drug-likeness (QED) is 0.260. The Labute approximate surface area is 235 Å². The van der Waals surface area contributed by atoms with Gasteiger partial charge in [0.15, 0.2) is 27.8 Å². The molecule has 1 aromatic heterocycles. The van der Waals surface area contributed by atoms with Crippen LogP contribution in [0.4, 0.5) is 0 Å². The summed E-state index contributed by atoms with van der Waals surface area (Å²) < 4.78 is 29.3. The monoisotopic (exact) mass is 562 g/mol. The lowest BCUT2D eigenvalue weighted by atomic mass is 9.95. The summed E-state index contributed by atoms with van der Waals surface area (Å²) in [6.45, 7) is 9.33. The van der Waals surface area contributed by atoms with Crippen molar-refractivity contribution in [3.8, 4) is 23.0 Å². The number of hydrogen-bond acceptors (Lipinski definition) is 9. The second kappa shape index (κ2) is 12.5. The molecule has 9 nitrogen and oxygen atoms in total. The van der Waals surface area contributed by atoms with Crippen LogP contribution in [-0.2, 0) is 9.53 Å². The fourth-order valence-electron chi connectivity index (χ4n) is 4.33. The van der Waals surface area contributed by atoms with Gasteiger partial charge in [-0.2, -0.15) is 0 Å². The van der Waals surface area contributed by atoms with Gasteiger partial charge in [0.2, 0.25) is 0 Å². The molecular formula is C30H30N2O7S. The van der Waals surface area contributed by atoms with Crippen LogP contribution in [0.3, 0.4) is 0 Å². The zero-order chi connectivity index (χ0) is 28.8. The molecule has 0 N–H and O–H groups in total. The molecule has 208 valence electrons. The normalized spacial score (nSPS) is 14.6. The predicted molar refractivity (Wildman–Crippen MR) is 153 cm³/mol. The third kappa shape index (κ3) is 5.57. The molecule has 0 radical (unpaired) electrons. The summed E-state index contributed by atoms with van der Waals surface area (Å²) >= 11 is 1.22. The standard InChI is InChI=1S/C30H30N2O7S/c1-7-13-38-22-12-10-20(17-24(22)37-6)27-26(29(34)39-14-8-2)18(3)31-30-32(27)28(33)25(40-30)16-19-9-11-21(35-4)23(15-19)36-5/h7-12,15-17,27H,1-2,13-14H2,3-6H3. The van der Waals surface area contributed by atoms with E-state index < -0.39 is 12.0 Å². The van der Waals surface area contributed by atoms with E-state index in [1.165, 1.54) is 29.1 Å². The largest absolute Gasteiger partial charge is 0.493 e. The molecule has 0 saturated carbocycles. The number of fused-ring (bicyclic) bond motifs is 1. The third-order valence-electron chi connectivity index (χ3n) is 6.14. The number of nitrogens with zero attached hydrogens (tertiary/aromatic N) is 2. The summed E-state index contributed by atoms with van der Waals surface area (Å²) in [6, 6.07) is 9.83. The maximum absolute atomic E-state index is 13.9. The molecule has 1 atom stereocenters. The van der Waals surface area contributed by atoms with Gasteiger partial charge >= 0.3 is 5.97 Å². The number of carbonyl (C=O) groups is 1. The van der Waals surface area contributed by atoms with E-state index in [4.69, 9.17) is 23.7 Å². The highest BCUT2D eigenvalue weighted by Gasteiger charge is 2.34. The Morgan fingerprint density at radius 2 is 1.65 bits per heavy atom. The summed E-state index contributed by atoms with van der Waals surface area (Å²) in [5.41, 5.74) is 1.75. The minimum atomic E-state index is -0.816. The van der Waals surface area contributed by atoms with Crippen molar-refractivity contribution >= 4 is 23.4 Å². The number of allylic oxidation sites excluding steroid dienone is 1. The maximum atomic E-state index is 13.9. The zero-order valence-corrected chi connectivity index (χ0v) is 23.6. The lowest BCUT2D eigenvalue weighted by Crippen LogP contribution is -2.40. The average Bonchev–Trinajstić information content (AvgIpc) is 3.27. The van der Waals surface area contributed by atoms with E-state index in [9.17, 15) is 9.59 Å². The molecule has 0 spiro atoms. The van der Waals surface area contributed by atoms with E-state index in [1.54, 1.807) is 63.6 Å². The van der Waals surface area contributed by atoms with Crippen LogP contribution >= 0.6 is 11.3 Å². The van der Waals surface area contributed by atoms with Crippen molar-refractivity contribution in [3.63, 3.8) is 0 Å². The number of hydrogen-bond donors (Lipinski definition) is 0. The number of benzene rings is 2. The summed E-state index contributed by atoms with van der Waals surface area (Å²) in [5, 5.41) is 0. The zero-order valence-electron chi connectivity index (χ0n) is 22.8. The lowest BCUT2D eigenvalue weighted by Gasteiger charge is -2.25. The molecule has 2 aromatic carbocycles. The first-order chi connectivity index (χ1) is 19.4. The van der Waals surface area contributed by atoms with Crippen molar-refractivity contribution < 1.29 is 28.5 Å². The number of thiazole rings is 1. The van der Waals surface area contributed by atoms with Gasteiger partial charge in [-0.15, -0.1) is 0 Å². The Hall–Kier alpha value is -4.57. The van der Waals surface area contributed by atoms with Gasteiger partial charge in [-0.25, -0.2) is 9.79 Å². The number of esters is 1. The van der Waals surface area contributed by atoms with Gasteiger partial charge in [-0.3, -0.25) is 9.36 Å². The van der Waals surface area contributed by atoms with Gasteiger partial charge in [0.1, 0.15) is 13.2 Å². The van der Waals surface area contributed by atoms with Crippen LogP contribution < -0.4 is 33.8 Å². The highest BCUT2D eigenvalue weighted by Crippen LogP contribution is 2.36. The number of aromatic nitrogens is 1. The first-order valence-electron chi connectivity index (χ1n) is 12.3. The van der Waals surface area contributed by atoms with E-state index in [2.05, 4.69) is 18.2 Å². The molecule has 4 rings (SSSR count). The minimum Gasteiger partial charge on any atom is -0.493 e.